The number of fused-ring (bicyclic) bond motifs is 1. The molecule has 1 aliphatic carbocycles. The maximum absolute atomic E-state index is 12.9. The van der Waals surface area contributed by atoms with Crippen LogP contribution >= 0.6 is 0 Å². The van der Waals surface area contributed by atoms with Crippen molar-refractivity contribution < 1.29 is 4.79 Å². The molecule has 1 aromatic rings. The van der Waals surface area contributed by atoms with Gasteiger partial charge in [-0.25, -0.2) is 0 Å². The molecule has 1 heterocycles. The highest BCUT2D eigenvalue weighted by Gasteiger charge is 2.24. The molecule has 0 saturated heterocycles. The third kappa shape index (κ3) is 5.81. The number of anilines is 1. The predicted octanol–water partition coefficient (Wildman–Crippen LogP) is 5.24. The van der Waals surface area contributed by atoms with E-state index in [1.54, 1.807) is 0 Å². The van der Waals surface area contributed by atoms with Gasteiger partial charge in [0.15, 0.2) is 0 Å². The standard InChI is InChI=1S/C24H38N2O/c1-18(2)15-22(25)17-20-10-12-23-21(16-20)9-6-14-26(23)24(27)13-11-19-7-4-3-5-8-19/h10,12,16,18-19,22H,3-9,11,13-15,17,25H2,1-2H3. The zero-order valence-corrected chi connectivity index (χ0v) is 17.4. The number of nitrogens with zero attached hydrogens (tertiary/aromatic N) is 1. The molecular weight excluding hydrogens is 332 g/mol. The molecule has 3 heteroatoms. The van der Waals surface area contributed by atoms with Gasteiger partial charge in [0.2, 0.25) is 5.91 Å². The number of carbonyl (C=O) groups excluding carboxylic acids is 1. The van der Waals surface area contributed by atoms with Crippen LogP contribution in [0.25, 0.3) is 0 Å². The molecule has 1 aliphatic heterocycles. The van der Waals surface area contributed by atoms with Crippen molar-refractivity contribution in [2.24, 2.45) is 17.6 Å². The third-order valence-corrected chi connectivity index (χ3v) is 6.33. The summed E-state index contributed by atoms with van der Waals surface area (Å²) in [6.45, 7) is 5.33. The van der Waals surface area contributed by atoms with Crippen LogP contribution in [0.2, 0.25) is 0 Å². The fourth-order valence-electron chi connectivity index (χ4n) is 4.97. The molecule has 0 spiro atoms. The summed E-state index contributed by atoms with van der Waals surface area (Å²) in [7, 11) is 0. The van der Waals surface area contributed by atoms with Gasteiger partial charge in [0.05, 0.1) is 0 Å². The maximum atomic E-state index is 12.9. The molecule has 0 aromatic heterocycles. The first kappa shape index (κ1) is 20.4. The van der Waals surface area contributed by atoms with E-state index < -0.39 is 0 Å². The largest absolute Gasteiger partial charge is 0.327 e. The zero-order valence-electron chi connectivity index (χ0n) is 17.4. The second-order valence-electron chi connectivity index (χ2n) is 9.25. The van der Waals surface area contributed by atoms with E-state index in [9.17, 15) is 4.79 Å². The molecule has 2 N–H and O–H groups in total. The van der Waals surface area contributed by atoms with E-state index in [4.69, 9.17) is 5.73 Å². The van der Waals surface area contributed by atoms with E-state index in [1.807, 2.05) is 0 Å². The summed E-state index contributed by atoms with van der Waals surface area (Å²) in [5, 5.41) is 0. The van der Waals surface area contributed by atoms with Gasteiger partial charge in [-0.3, -0.25) is 4.79 Å². The molecule has 1 aromatic carbocycles. The van der Waals surface area contributed by atoms with Gasteiger partial charge in [-0.05, 0) is 61.1 Å². The second kappa shape index (κ2) is 9.73. The van der Waals surface area contributed by atoms with Gasteiger partial charge >= 0.3 is 0 Å². The summed E-state index contributed by atoms with van der Waals surface area (Å²) in [6.07, 6.45) is 12.7. The van der Waals surface area contributed by atoms with Crippen molar-refractivity contribution in [1.82, 2.24) is 0 Å². The second-order valence-corrected chi connectivity index (χ2v) is 9.25. The fourth-order valence-corrected chi connectivity index (χ4v) is 4.97. The van der Waals surface area contributed by atoms with Crippen LogP contribution < -0.4 is 10.6 Å². The molecule has 1 fully saturated rings. The van der Waals surface area contributed by atoms with E-state index in [0.29, 0.717) is 18.2 Å². The first-order valence-corrected chi connectivity index (χ1v) is 11.2. The minimum absolute atomic E-state index is 0.222. The van der Waals surface area contributed by atoms with E-state index in [2.05, 4.69) is 36.9 Å². The summed E-state index contributed by atoms with van der Waals surface area (Å²) >= 11 is 0. The lowest BCUT2D eigenvalue weighted by Gasteiger charge is -2.31. The van der Waals surface area contributed by atoms with Crippen molar-refractivity contribution in [2.75, 3.05) is 11.4 Å². The van der Waals surface area contributed by atoms with Gasteiger partial charge in [0.1, 0.15) is 0 Å². The van der Waals surface area contributed by atoms with Crippen molar-refractivity contribution in [3.63, 3.8) is 0 Å². The van der Waals surface area contributed by atoms with Crippen LogP contribution in [0, 0.1) is 11.8 Å². The number of hydrogen-bond acceptors (Lipinski definition) is 2. The van der Waals surface area contributed by atoms with Crippen LogP contribution in [-0.4, -0.2) is 18.5 Å². The average Bonchev–Trinajstić information content (AvgIpc) is 2.65. The Balaban J connectivity index is 1.60. The van der Waals surface area contributed by atoms with E-state index in [1.165, 1.54) is 43.2 Å². The summed E-state index contributed by atoms with van der Waals surface area (Å²) in [5.74, 6) is 1.73. The van der Waals surface area contributed by atoms with Crippen LogP contribution in [0.5, 0.6) is 0 Å². The first-order chi connectivity index (χ1) is 13.0. The number of benzene rings is 1. The number of aryl methyl sites for hydroxylation is 1. The topological polar surface area (TPSA) is 46.3 Å². The molecule has 150 valence electrons. The molecule has 3 nitrogen and oxygen atoms in total. The Labute approximate surface area is 165 Å². The lowest BCUT2D eigenvalue weighted by atomic mass is 9.86. The molecule has 1 saturated carbocycles. The lowest BCUT2D eigenvalue weighted by Crippen LogP contribution is -2.35. The highest BCUT2D eigenvalue weighted by molar-refractivity contribution is 5.94. The molecule has 1 atom stereocenters. The van der Waals surface area contributed by atoms with Gasteiger partial charge in [0, 0.05) is 24.7 Å². The number of nitrogens with two attached hydrogens (primary N) is 1. The molecule has 0 radical (unpaired) electrons. The fraction of sp³-hybridized carbons (Fsp3) is 0.708. The summed E-state index contributed by atoms with van der Waals surface area (Å²) in [5.41, 5.74) is 10.1. The Hall–Kier alpha value is -1.35. The van der Waals surface area contributed by atoms with Gasteiger partial charge in [-0.2, -0.15) is 0 Å². The molecule has 0 bridgehead atoms. The first-order valence-electron chi connectivity index (χ1n) is 11.2. The number of rotatable bonds is 7. The monoisotopic (exact) mass is 370 g/mol. The molecule has 27 heavy (non-hydrogen) atoms. The number of amides is 1. The maximum Gasteiger partial charge on any atom is 0.226 e. The number of carbonyl (C=O) groups is 1. The highest BCUT2D eigenvalue weighted by atomic mass is 16.2. The summed E-state index contributed by atoms with van der Waals surface area (Å²) in [4.78, 5) is 14.9. The Bertz CT molecular complexity index is 619. The van der Waals surface area contributed by atoms with Crippen LogP contribution in [-0.2, 0) is 17.6 Å². The third-order valence-electron chi connectivity index (χ3n) is 6.33. The quantitative estimate of drug-likeness (QED) is 0.713. The zero-order chi connectivity index (χ0) is 19.2. The Morgan fingerprint density at radius 3 is 2.70 bits per heavy atom. The Kier molecular flexibility index (Phi) is 7.34. The van der Waals surface area contributed by atoms with Gasteiger partial charge < -0.3 is 10.6 Å². The van der Waals surface area contributed by atoms with Gasteiger partial charge in [-0.15, -0.1) is 0 Å². The lowest BCUT2D eigenvalue weighted by molar-refractivity contribution is -0.119. The van der Waals surface area contributed by atoms with Crippen LogP contribution in [0.3, 0.4) is 0 Å². The Morgan fingerprint density at radius 1 is 1.19 bits per heavy atom. The predicted molar refractivity (Wildman–Crippen MR) is 114 cm³/mol. The van der Waals surface area contributed by atoms with E-state index in [-0.39, 0.29) is 6.04 Å². The number of hydrogen-bond donors (Lipinski definition) is 1. The molecule has 1 unspecified atom stereocenters. The minimum Gasteiger partial charge on any atom is -0.327 e. The van der Waals surface area contributed by atoms with Crippen molar-refractivity contribution in [1.29, 1.82) is 0 Å². The highest BCUT2D eigenvalue weighted by Crippen LogP contribution is 2.31. The van der Waals surface area contributed by atoms with Crippen LogP contribution in [0.1, 0.15) is 82.8 Å². The van der Waals surface area contributed by atoms with Crippen LogP contribution in [0.15, 0.2) is 18.2 Å². The molecule has 1 amide bonds. The smallest absolute Gasteiger partial charge is 0.226 e. The van der Waals surface area contributed by atoms with Crippen LogP contribution in [0.4, 0.5) is 5.69 Å². The van der Waals surface area contributed by atoms with Gasteiger partial charge in [0.25, 0.3) is 0 Å². The SMILES string of the molecule is CC(C)CC(N)Cc1ccc2c(c1)CCCN2C(=O)CCC1CCCCC1. The summed E-state index contributed by atoms with van der Waals surface area (Å²) in [6, 6.07) is 6.88. The van der Waals surface area contributed by atoms with Crippen molar-refractivity contribution >= 4 is 11.6 Å². The normalized spacial score (nSPS) is 19.2. The molecule has 3 rings (SSSR count). The molecule has 2 aliphatic rings. The van der Waals surface area contributed by atoms with E-state index >= 15 is 0 Å². The minimum atomic E-state index is 0.222. The van der Waals surface area contributed by atoms with Crippen molar-refractivity contribution in [3.8, 4) is 0 Å². The van der Waals surface area contributed by atoms with Gasteiger partial charge in [-0.1, -0.05) is 58.1 Å². The van der Waals surface area contributed by atoms with Crippen molar-refractivity contribution in [3.05, 3.63) is 29.3 Å². The molecular formula is C24H38N2O. The Morgan fingerprint density at radius 2 is 1.96 bits per heavy atom. The van der Waals surface area contributed by atoms with Crippen molar-refractivity contribution in [2.45, 2.75) is 90.5 Å². The summed E-state index contributed by atoms with van der Waals surface area (Å²) < 4.78 is 0. The average molecular weight is 371 g/mol. The van der Waals surface area contributed by atoms with E-state index in [0.717, 1.165) is 50.3 Å².